The molecule has 3 aromatic rings. The van der Waals surface area contributed by atoms with Gasteiger partial charge < -0.3 is 10.2 Å². The molecule has 2 amide bonds. The van der Waals surface area contributed by atoms with Crippen LogP contribution in [0.1, 0.15) is 49.4 Å². The molecule has 0 aliphatic carbocycles. The van der Waals surface area contributed by atoms with Gasteiger partial charge in [0.05, 0.1) is 10.6 Å². The number of nitrogens with zero attached hydrogens (tertiary/aromatic N) is 2. The molecule has 0 unspecified atom stereocenters. The van der Waals surface area contributed by atoms with E-state index in [0.717, 1.165) is 22.3 Å². The second-order valence-corrected chi connectivity index (χ2v) is 12.5. The van der Waals surface area contributed by atoms with E-state index in [1.807, 2.05) is 77.9 Å². The summed E-state index contributed by atoms with van der Waals surface area (Å²) in [6.45, 7) is 11.8. The Balaban J connectivity index is 2.06. The molecule has 3 aromatic carbocycles. The molecular formula is C32H41N3O4S. The Kier molecular flexibility index (Phi) is 10.5. The first-order chi connectivity index (χ1) is 18.9. The van der Waals surface area contributed by atoms with Gasteiger partial charge in [-0.25, -0.2) is 8.42 Å². The van der Waals surface area contributed by atoms with Gasteiger partial charge in [0.2, 0.25) is 11.8 Å². The number of sulfonamides is 1. The Labute approximate surface area is 239 Å². The number of hydrogen-bond donors (Lipinski definition) is 1. The van der Waals surface area contributed by atoms with Crippen LogP contribution in [-0.4, -0.2) is 44.3 Å². The summed E-state index contributed by atoms with van der Waals surface area (Å²) in [5, 5.41) is 2.96. The average Bonchev–Trinajstić information content (AvgIpc) is 2.92. The minimum atomic E-state index is -4.09. The van der Waals surface area contributed by atoms with Crippen LogP contribution in [-0.2, 0) is 26.2 Å². The van der Waals surface area contributed by atoms with E-state index < -0.39 is 28.5 Å². The number of hydrogen-bond acceptors (Lipinski definition) is 4. The molecule has 0 heterocycles. The first kappa shape index (κ1) is 30.9. The van der Waals surface area contributed by atoms with Gasteiger partial charge in [-0.15, -0.1) is 0 Å². The second kappa shape index (κ2) is 13.6. The van der Waals surface area contributed by atoms with Gasteiger partial charge in [0, 0.05) is 13.1 Å². The Morgan fingerprint density at radius 1 is 0.875 bits per heavy atom. The van der Waals surface area contributed by atoms with E-state index in [-0.39, 0.29) is 23.3 Å². The molecule has 0 saturated carbocycles. The van der Waals surface area contributed by atoms with E-state index in [0.29, 0.717) is 18.7 Å². The highest BCUT2D eigenvalue weighted by Gasteiger charge is 2.34. The van der Waals surface area contributed by atoms with E-state index in [1.54, 1.807) is 24.3 Å². The highest BCUT2D eigenvalue weighted by atomic mass is 32.2. The van der Waals surface area contributed by atoms with E-state index in [4.69, 9.17) is 0 Å². The Bertz CT molecular complexity index is 1400. The molecule has 3 rings (SSSR count). The number of rotatable bonds is 12. The second-order valence-electron chi connectivity index (χ2n) is 10.7. The molecule has 1 N–H and O–H groups in total. The topological polar surface area (TPSA) is 86.8 Å². The van der Waals surface area contributed by atoms with Crippen molar-refractivity contribution in [2.45, 2.75) is 65.4 Å². The first-order valence-corrected chi connectivity index (χ1v) is 15.2. The number of anilines is 1. The molecule has 0 radical (unpaired) electrons. The highest BCUT2D eigenvalue weighted by Crippen LogP contribution is 2.28. The maximum Gasteiger partial charge on any atom is 0.264 e. The smallest absolute Gasteiger partial charge is 0.264 e. The molecule has 40 heavy (non-hydrogen) atoms. The lowest BCUT2D eigenvalue weighted by atomic mass is 10.1. The van der Waals surface area contributed by atoms with Crippen LogP contribution in [0, 0.1) is 26.7 Å². The van der Waals surface area contributed by atoms with Crippen LogP contribution in [0.4, 0.5) is 5.69 Å². The van der Waals surface area contributed by atoms with Crippen molar-refractivity contribution in [1.29, 1.82) is 0 Å². The summed E-state index contributed by atoms with van der Waals surface area (Å²) in [6.07, 6.45) is 0.385. The van der Waals surface area contributed by atoms with Crippen LogP contribution in [0.3, 0.4) is 0 Å². The van der Waals surface area contributed by atoms with Crippen molar-refractivity contribution >= 4 is 27.5 Å². The predicted octanol–water partition coefficient (Wildman–Crippen LogP) is 5.39. The summed E-state index contributed by atoms with van der Waals surface area (Å²) < 4.78 is 29.1. The van der Waals surface area contributed by atoms with Crippen molar-refractivity contribution in [2.75, 3.05) is 17.4 Å². The van der Waals surface area contributed by atoms with Gasteiger partial charge in [0.25, 0.3) is 10.0 Å². The van der Waals surface area contributed by atoms with Crippen LogP contribution < -0.4 is 9.62 Å². The standard InChI is InChI=1S/C32H41N3O4S/c1-7-29(32(37)33-20-23(2)3)34(21-27-16-13-24(4)14-17-27)31(36)22-35(30-18-15-25(5)19-26(30)6)40(38,39)28-11-9-8-10-12-28/h8-19,23,29H,7,20-22H2,1-6H3,(H,33,37)/t29-/m0/s1. The monoisotopic (exact) mass is 563 g/mol. The lowest BCUT2D eigenvalue weighted by Crippen LogP contribution is -2.52. The van der Waals surface area contributed by atoms with Crippen molar-refractivity contribution < 1.29 is 18.0 Å². The lowest BCUT2D eigenvalue weighted by Gasteiger charge is -2.33. The summed E-state index contributed by atoms with van der Waals surface area (Å²) in [6, 6.07) is 20.6. The zero-order chi connectivity index (χ0) is 29.4. The third-order valence-electron chi connectivity index (χ3n) is 6.78. The number of amides is 2. The third-order valence-corrected chi connectivity index (χ3v) is 8.55. The minimum Gasteiger partial charge on any atom is -0.354 e. The van der Waals surface area contributed by atoms with Crippen molar-refractivity contribution in [2.24, 2.45) is 5.92 Å². The number of benzene rings is 3. The summed E-state index contributed by atoms with van der Waals surface area (Å²) in [5.41, 5.74) is 4.09. The molecule has 0 spiro atoms. The van der Waals surface area contributed by atoms with Crippen LogP contribution in [0.25, 0.3) is 0 Å². The molecule has 0 aliphatic heterocycles. The van der Waals surface area contributed by atoms with Crippen molar-refractivity contribution in [3.63, 3.8) is 0 Å². The number of nitrogens with one attached hydrogen (secondary N) is 1. The SMILES string of the molecule is CC[C@@H](C(=O)NCC(C)C)N(Cc1ccc(C)cc1)C(=O)CN(c1ccc(C)cc1C)S(=O)(=O)c1ccccc1. The van der Waals surface area contributed by atoms with Crippen LogP contribution in [0.2, 0.25) is 0 Å². The number of carbonyl (C=O) groups excluding carboxylic acids is 2. The van der Waals surface area contributed by atoms with Crippen molar-refractivity contribution in [3.05, 3.63) is 95.1 Å². The normalized spacial score (nSPS) is 12.2. The molecule has 214 valence electrons. The lowest BCUT2D eigenvalue weighted by molar-refractivity contribution is -0.140. The largest absolute Gasteiger partial charge is 0.354 e. The van der Waals surface area contributed by atoms with Gasteiger partial charge >= 0.3 is 0 Å². The maximum atomic E-state index is 14.1. The summed E-state index contributed by atoms with van der Waals surface area (Å²) in [7, 11) is -4.09. The van der Waals surface area contributed by atoms with Crippen LogP contribution in [0.15, 0.2) is 77.7 Å². The van der Waals surface area contributed by atoms with Crippen molar-refractivity contribution in [1.82, 2.24) is 10.2 Å². The highest BCUT2D eigenvalue weighted by molar-refractivity contribution is 7.92. The molecule has 0 fully saturated rings. The maximum absolute atomic E-state index is 14.1. The fourth-order valence-electron chi connectivity index (χ4n) is 4.55. The zero-order valence-electron chi connectivity index (χ0n) is 24.3. The first-order valence-electron chi connectivity index (χ1n) is 13.7. The summed E-state index contributed by atoms with van der Waals surface area (Å²) in [5.74, 6) is -0.453. The summed E-state index contributed by atoms with van der Waals surface area (Å²) >= 11 is 0. The molecule has 0 saturated heterocycles. The van der Waals surface area contributed by atoms with E-state index >= 15 is 0 Å². The van der Waals surface area contributed by atoms with Crippen molar-refractivity contribution in [3.8, 4) is 0 Å². The minimum absolute atomic E-state index is 0.0922. The summed E-state index contributed by atoms with van der Waals surface area (Å²) in [4.78, 5) is 29.0. The van der Waals surface area contributed by atoms with Crippen LogP contribution >= 0.6 is 0 Å². The van der Waals surface area contributed by atoms with E-state index in [2.05, 4.69) is 5.32 Å². The van der Waals surface area contributed by atoms with Crippen LogP contribution in [0.5, 0.6) is 0 Å². The molecule has 1 atom stereocenters. The fourth-order valence-corrected chi connectivity index (χ4v) is 6.05. The Morgan fingerprint density at radius 2 is 1.50 bits per heavy atom. The molecule has 8 heteroatoms. The van der Waals surface area contributed by atoms with Gasteiger partial charge in [-0.2, -0.15) is 0 Å². The molecule has 7 nitrogen and oxygen atoms in total. The van der Waals surface area contributed by atoms with E-state index in [1.165, 1.54) is 21.3 Å². The van der Waals surface area contributed by atoms with Gasteiger partial charge in [0.1, 0.15) is 12.6 Å². The van der Waals surface area contributed by atoms with E-state index in [9.17, 15) is 18.0 Å². The fraction of sp³-hybridized carbons (Fsp3) is 0.375. The van der Waals surface area contributed by atoms with Gasteiger partial charge in [-0.05, 0) is 62.4 Å². The molecular weight excluding hydrogens is 522 g/mol. The van der Waals surface area contributed by atoms with Gasteiger partial charge in [0.15, 0.2) is 0 Å². The Hall–Kier alpha value is -3.65. The zero-order valence-corrected chi connectivity index (χ0v) is 25.2. The number of carbonyl (C=O) groups is 2. The third kappa shape index (κ3) is 7.72. The molecule has 0 aromatic heterocycles. The average molecular weight is 564 g/mol. The number of aryl methyl sites for hydroxylation is 3. The molecule has 0 bridgehead atoms. The predicted molar refractivity (Wildman–Crippen MR) is 161 cm³/mol. The van der Waals surface area contributed by atoms with Gasteiger partial charge in [-0.1, -0.05) is 86.5 Å². The molecule has 0 aliphatic rings. The Morgan fingerprint density at radius 3 is 2.08 bits per heavy atom. The quantitative estimate of drug-likeness (QED) is 0.320. The van der Waals surface area contributed by atoms with Gasteiger partial charge in [-0.3, -0.25) is 13.9 Å².